The molecule has 4 nitrogen and oxygen atoms in total. The van der Waals surface area contributed by atoms with Crippen molar-refractivity contribution in [3.63, 3.8) is 0 Å². The monoisotopic (exact) mass is 307 g/mol. The van der Waals surface area contributed by atoms with Crippen LogP contribution in [0.2, 0.25) is 0 Å². The average molecular weight is 307 g/mol. The molecule has 1 heterocycles. The minimum atomic E-state index is -0.621. The van der Waals surface area contributed by atoms with Gasteiger partial charge in [-0.25, -0.2) is 9.69 Å². The molecule has 3 rings (SSSR count). The molecule has 0 saturated carbocycles. The van der Waals surface area contributed by atoms with Gasteiger partial charge in [-0.1, -0.05) is 55.1 Å². The molecule has 0 bridgehead atoms. The first-order chi connectivity index (χ1) is 11.2. The maximum absolute atomic E-state index is 12.7. The molecule has 0 N–H and O–H groups in total. The van der Waals surface area contributed by atoms with Gasteiger partial charge in [-0.2, -0.15) is 0 Å². The molecule has 0 unspecified atom stereocenters. The van der Waals surface area contributed by atoms with Gasteiger partial charge < -0.3 is 4.74 Å². The Bertz CT molecular complexity index is 712. The van der Waals surface area contributed by atoms with E-state index in [4.69, 9.17) is 4.74 Å². The molecule has 2 amide bonds. The number of carbonyl (C=O) groups is 2. The van der Waals surface area contributed by atoms with Gasteiger partial charge >= 0.3 is 6.09 Å². The van der Waals surface area contributed by atoms with Crippen LogP contribution < -0.4 is 0 Å². The highest BCUT2D eigenvalue weighted by Crippen LogP contribution is 2.26. The first-order valence-electron chi connectivity index (χ1n) is 7.46. The summed E-state index contributed by atoms with van der Waals surface area (Å²) in [4.78, 5) is 26.1. The highest BCUT2D eigenvalue weighted by molar-refractivity contribution is 6.04. The molecule has 4 heteroatoms. The first-order valence-corrected chi connectivity index (χ1v) is 7.46. The number of rotatable bonds is 4. The number of imide groups is 1. The maximum atomic E-state index is 12.7. The van der Waals surface area contributed by atoms with Crippen molar-refractivity contribution in [1.29, 1.82) is 0 Å². The van der Waals surface area contributed by atoms with Gasteiger partial charge in [0.15, 0.2) is 0 Å². The number of cyclic esters (lactones) is 1. The van der Waals surface area contributed by atoms with Crippen molar-refractivity contribution in [1.82, 2.24) is 4.90 Å². The Morgan fingerprint density at radius 3 is 2.30 bits per heavy atom. The van der Waals surface area contributed by atoms with Gasteiger partial charge in [0.1, 0.15) is 6.10 Å². The summed E-state index contributed by atoms with van der Waals surface area (Å²) in [5.74, 6) is -0.346. The smallest absolute Gasteiger partial charge is 0.417 e. The molecule has 1 aliphatic heterocycles. The Hall–Kier alpha value is -2.88. The number of nitrogens with zero attached hydrogens (tertiary/aromatic N) is 1. The van der Waals surface area contributed by atoms with Gasteiger partial charge in [0.25, 0.3) is 5.91 Å². The summed E-state index contributed by atoms with van der Waals surface area (Å²) in [6.45, 7) is 3.72. The van der Waals surface area contributed by atoms with Crippen molar-refractivity contribution in [3.8, 4) is 0 Å². The maximum Gasteiger partial charge on any atom is 0.417 e. The van der Waals surface area contributed by atoms with Gasteiger partial charge in [0, 0.05) is 5.56 Å². The molecule has 1 aliphatic rings. The average Bonchev–Trinajstić information content (AvgIpc) is 2.91. The van der Waals surface area contributed by atoms with E-state index < -0.39 is 18.2 Å². The second-order valence-corrected chi connectivity index (χ2v) is 5.38. The van der Waals surface area contributed by atoms with Crippen LogP contribution in [0.3, 0.4) is 0 Å². The standard InChI is InChI=1S/C19H17NO3/c1-2-17-16(13-14-9-5-3-6-10-14)20(19(22)23-17)18(21)15-11-7-4-8-12-15/h2-12,16-17H,1,13H2/t16-,17-/m0/s1. The summed E-state index contributed by atoms with van der Waals surface area (Å²) in [6, 6.07) is 18.1. The second kappa shape index (κ2) is 6.48. The predicted octanol–water partition coefficient (Wildman–Crippen LogP) is 3.44. The number of benzene rings is 2. The fourth-order valence-corrected chi connectivity index (χ4v) is 2.76. The van der Waals surface area contributed by atoms with E-state index in [0.29, 0.717) is 12.0 Å². The zero-order chi connectivity index (χ0) is 16.2. The number of hydrogen-bond donors (Lipinski definition) is 0. The zero-order valence-corrected chi connectivity index (χ0v) is 12.6. The van der Waals surface area contributed by atoms with Gasteiger partial charge in [-0.3, -0.25) is 4.79 Å². The molecule has 116 valence electrons. The van der Waals surface area contributed by atoms with E-state index in [0.717, 1.165) is 5.56 Å². The summed E-state index contributed by atoms with van der Waals surface area (Å²) < 4.78 is 5.30. The summed E-state index contributed by atoms with van der Waals surface area (Å²) in [7, 11) is 0. The van der Waals surface area contributed by atoms with Gasteiger partial charge in [-0.05, 0) is 30.2 Å². The van der Waals surface area contributed by atoms with E-state index in [1.807, 2.05) is 36.4 Å². The van der Waals surface area contributed by atoms with Crippen molar-refractivity contribution >= 4 is 12.0 Å². The zero-order valence-electron chi connectivity index (χ0n) is 12.6. The van der Waals surface area contributed by atoms with E-state index in [9.17, 15) is 9.59 Å². The lowest BCUT2D eigenvalue weighted by Crippen LogP contribution is -2.42. The Kier molecular flexibility index (Phi) is 4.24. The van der Waals surface area contributed by atoms with Crippen LogP contribution in [0.15, 0.2) is 73.3 Å². The van der Waals surface area contributed by atoms with E-state index in [2.05, 4.69) is 6.58 Å². The summed E-state index contributed by atoms with van der Waals surface area (Å²) in [6.07, 6.45) is 0.978. The van der Waals surface area contributed by atoms with Gasteiger partial charge in [0.2, 0.25) is 0 Å². The molecule has 2 aromatic carbocycles. The molecular formula is C19H17NO3. The van der Waals surface area contributed by atoms with E-state index in [1.165, 1.54) is 4.90 Å². The highest BCUT2D eigenvalue weighted by Gasteiger charge is 2.44. The SMILES string of the molecule is C=C[C@@H]1OC(=O)N(C(=O)c2ccccc2)[C@H]1Cc1ccccc1. The summed E-state index contributed by atoms with van der Waals surface area (Å²) >= 11 is 0. The van der Waals surface area contributed by atoms with Crippen molar-refractivity contribution in [2.24, 2.45) is 0 Å². The molecule has 2 atom stereocenters. The van der Waals surface area contributed by atoms with Crippen LogP contribution in [-0.2, 0) is 11.2 Å². The van der Waals surface area contributed by atoms with Crippen LogP contribution in [0, 0.1) is 0 Å². The minimum absolute atomic E-state index is 0.346. The van der Waals surface area contributed by atoms with E-state index in [1.54, 1.807) is 30.3 Å². The lowest BCUT2D eigenvalue weighted by Gasteiger charge is -2.22. The topological polar surface area (TPSA) is 46.6 Å². The highest BCUT2D eigenvalue weighted by atomic mass is 16.6. The molecule has 1 fully saturated rings. The largest absolute Gasteiger partial charge is 0.439 e. The van der Waals surface area contributed by atoms with Crippen LogP contribution in [0.1, 0.15) is 15.9 Å². The Labute approximate surface area is 135 Å². The first kappa shape index (κ1) is 15.0. The summed E-state index contributed by atoms with van der Waals surface area (Å²) in [5, 5.41) is 0. The molecule has 2 aromatic rings. The van der Waals surface area contributed by atoms with Crippen LogP contribution in [0.25, 0.3) is 0 Å². The number of carbonyl (C=O) groups excluding carboxylic acids is 2. The minimum Gasteiger partial charge on any atom is -0.439 e. The molecule has 0 aromatic heterocycles. The van der Waals surface area contributed by atoms with Crippen LogP contribution in [-0.4, -0.2) is 29.0 Å². The Balaban J connectivity index is 1.91. The lowest BCUT2D eigenvalue weighted by atomic mass is 10.00. The third kappa shape index (κ3) is 3.01. The van der Waals surface area contributed by atoms with Crippen molar-refractivity contribution in [2.75, 3.05) is 0 Å². The fraction of sp³-hybridized carbons (Fsp3) is 0.158. The van der Waals surface area contributed by atoms with E-state index >= 15 is 0 Å². The molecular weight excluding hydrogens is 290 g/mol. The fourth-order valence-electron chi connectivity index (χ4n) is 2.76. The molecule has 1 saturated heterocycles. The van der Waals surface area contributed by atoms with Gasteiger partial charge in [0.05, 0.1) is 6.04 Å². The lowest BCUT2D eigenvalue weighted by molar-refractivity contribution is 0.0774. The molecule has 0 aliphatic carbocycles. The van der Waals surface area contributed by atoms with Crippen LogP contribution >= 0.6 is 0 Å². The molecule has 0 spiro atoms. The quantitative estimate of drug-likeness (QED) is 0.813. The number of ether oxygens (including phenoxy) is 1. The van der Waals surface area contributed by atoms with Crippen LogP contribution in [0.5, 0.6) is 0 Å². The van der Waals surface area contributed by atoms with Crippen molar-refractivity contribution in [2.45, 2.75) is 18.6 Å². The van der Waals surface area contributed by atoms with Crippen molar-refractivity contribution in [3.05, 3.63) is 84.4 Å². The van der Waals surface area contributed by atoms with Crippen LogP contribution in [0.4, 0.5) is 4.79 Å². The van der Waals surface area contributed by atoms with E-state index in [-0.39, 0.29) is 5.91 Å². The normalized spacial score (nSPS) is 20.2. The third-order valence-electron chi connectivity index (χ3n) is 3.90. The third-order valence-corrected chi connectivity index (χ3v) is 3.90. The van der Waals surface area contributed by atoms with Crippen molar-refractivity contribution < 1.29 is 14.3 Å². The number of amides is 2. The Morgan fingerprint density at radius 1 is 1.09 bits per heavy atom. The summed E-state index contributed by atoms with van der Waals surface area (Å²) in [5.41, 5.74) is 1.50. The number of hydrogen-bond acceptors (Lipinski definition) is 3. The Morgan fingerprint density at radius 2 is 1.70 bits per heavy atom. The second-order valence-electron chi connectivity index (χ2n) is 5.38. The molecule has 0 radical (unpaired) electrons. The van der Waals surface area contributed by atoms with Gasteiger partial charge in [-0.15, -0.1) is 0 Å². The molecule has 23 heavy (non-hydrogen) atoms. The predicted molar refractivity (Wildman–Crippen MR) is 87.0 cm³/mol.